The fourth-order valence-corrected chi connectivity index (χ4v) is 3.20. The number of amides is 2. The van der Waals surface area contributed by atoms with Gasteiger partial charge in [-0.15, -0.1) is 11.3 Å². The number of rotatable bonds is 2. The number of piperazine rings is 1. The fourth-order valence-electron chi connectivity index (χ4n) is 2.61. The van der Waals surface area contributed by atoms with Crippen molar-refractivity contribution in [2.45, 2.75) is 13.8 Å². The van der Waals surface area contributed by atoms with Crippen LogP contribution >= 0.6 is 11.3 Å². The van der Waals surface area contributed by atoms with E-state index in [-0.39, 0.29) is 11.8 Å². The molecule has 0 N–H and O–H groups in total. The first-order valence-corrected chi connectivity index (χ1v) is 8.50. The third kappa shape index (κ3) is 3.42. The molecule has 1 aliphatic heterocycles. The van der Waals surface area contributed by atoms with Gasteiger partial charge in [0.1, 0.15) is 5.69 Å². The van der Waals surface area contributed by atoms with Crippen molar-refractivity contribution in [2.24, 2.45) is 0 Å². The average molecular weight is 329 g/mol. The van der Waals surface area contributed by atoms with Crippen LogP contribution in [0, 0.1) is 13.8 Å². The van der Waals surface area contributed by atoms with Crippen molar-refractivity contribution < 1.29 is 9.59 Å². The van der Waals surface area contributed by atoms with Gasteiger partial charge >= 0.3 is 0 Å². The van der Waals surface area contributed by atoms with Gasteiger partial charge in [0.2, 0.25) is 0 Å². The fraction of sp³-hybridized carbons (Fsp3) is 0.353. The van der Waals surface area contributed by atoms with Crippen LogP contribution in [0.4, 0.5) is 0 Å². The zero-order valence-electron chi connectivity index (χ0n) is 13.3. The van der Waals surface area contributed by atoms with Crippen molar-refractivity contribution in [1.82, 2.24) is 14.8 Å². The number of carbonyl (C=O) groups excluding carboxylic acids is 2. The Labute approximate surface area is 139 Å². The van der Waals surface area contributed by atoms with Crippen LogP contribution in [-0.2, 0) is 0 Å². The molecule has 2 aromatic rings. The predicted molar refractivity (Wildman–Crippen MR) is 89.8 cm³/mol. The summed E-state index contributed by atoms with van der Waals surface area (Å²) in [6, 6.07) is 7.59. The van der Waals surface area contributed by atoms with Gasteiger partial charge in [0.05, 0.1) is 5.01 Å². The number of nitrogens with zero attached hydrogens (tertiary/aromatic N) is 3. The maximum absolute atomic E-state index is 12.5. The van der Waals surface area contributed by atoms with E-state index in [1.165, 1.54) is 11.3 Å². The summed E-state index contributed by atoms with van der Waals surface area (Å²) in [6.45, 7) is 6.10. The van der Waals surface area contributed by atoms with E-state index in [0.717, 1.165) is 10.6 Å². The zero-order chi connectivity index (χ0) is 16.4. The number of carbonyl (C=O) groups is 2. The highest BCUT2D eigenvalue weighted by molar-refractivity contribution is 7.09. The van der Waals surface area contributed by atoms with Crippen molar-refractivity contribution in [2.75, 3.05) is 26.2 Å². The molecule has 0 radical (unpaired) electrons. The molecule has 0 bridgehead atoms. The van der Waals surface area contributed by atoms with Gasteiger partial charge in [-0.05, 0) is 26.0 Å². The Bertz CT molecular complexity index is 716. The molecule has 2 amide bonds. The normalized spacial score (nSPS) is 14.9. The second kappa shape index (κ2) is 6.50. The van der Waals surface area contributed by atoms with E-state index in [1.54, 1.807) is 15.2 Å². The standard InChI is InChI=1S/C17H19N3O2S/c1-12-3-5-14(6-4-12)16(21)19-7-9-20(10-8-19)17(22)15-11-23-13(2)18-15/h3-6,11H,7-10H2,1-2H3. The third-order valence-corrected chi connectivity index (χ3v) is 4.76. The molecule has 0 saturated carbocycles. The van der Waals surface area contributed by atoms with E-state index in [1.807, 2.05) is 38.1 Å². The van der Waals surface area contributed by atoms with Gasteiger partial charge in [-0.25, -0.2) is 4.98 Å². The van der Waals surface area contributed by atoms with Crippen molar-refractivity contribution in [3.63, 3.8) is 0 Å². The van der Waals surface area contributed by atoms with Crippen LogP contribution in [0.3, 0.4) is 0 Å². The minimum atomic E-state index is -0.0446. The summed E-state index contributed by atoms with van der Waals surface area (Å²) in [4.78, 5) is 32.7. The second-order valence-electron chi connectivity index (χ2n) is 5.70. The van der Waals surface area contributed by atoms with E-state index < -0.39 is 0 Å². The summed E-state index contributed by atoms with van der Waals surface area (Å²) < 4.78 is 0. The highest BCUT2D eigenvalue weighted by Gasteiger charge is 2.26. The van der Waals surface area contributed by atoms with Gasteiger partial charge in [-0.2, -0.15) is 0 Å². The largest absolute Gasteiger partial charge is 0.335 e. The highest BCUT2D eigenvalue weighted by Crippen LogP contribution is 2.14. The molecule has 0 unspecified atom stereocenters. The number of thiazole rings is 1. The maximum Gasteiger partial charge on any atom is 0.273 e. The van der Waals surface area contributed by atoms with Gasteiger partial charge in [0.15, 0.2) is 0 Å². The lowest BCUT2D eigenvalue weighted by molar-refractivity contribution is 0.0532. The lowest BCUT2D eigenvalue weighted by Gasteiger charge is -2.34. The van der Waals surface area contributed by atoms with Gasteiger partial charge in [-0.3, -0.25) is 9.59 Å². The van der Waals surface area contributed by atoms with Crippen molar-refractivity contribution in [3.8, 4) is 0 Å². The Morgan fingerprint density at radius 1 is 0.957 bits per heavy atom. The Morgan fingerprint density at radius 2 is 1.52 bits per heavy atom. The number of hydrogen-bond donors (Lipinski definition) is 0. The summed E-state index contributed by atoms with van der Waals surface area (Å²) in [5.74, 6) is -0.0154. The molecule has 23 heavy (non-hydrogen) atoms. The highest BCUT2D eigenvalue weighted by atomic mass is 32.1. The van der Waals surface area contributed by atoms with E-state index in [2.05, 4.69) is 4.98 Å². The molecule has 1 aromatic heterocycles. The molecule has 2 heterocycles. The van der Waals surface area contributed by atoms with Crippen LogP contribution in [0.2, 0.25) is 0 Å². The Kier molecular flexibility index (Phi) is 4.43. The van der Waals surface area contributed by atoms with Crippen LogP contribution in [0.25, 0.3) is 0 Å². The summed E-state index contributed by atoms with van der Waals surface area (Å²) in [6.07, 6.45) is 0. The van der Waals surface area contributed by atoms with Crippen LogP contribution in [0.15, 0.2) is 29.6 Å². The maximum atomic E-state index is 12.5. The number of aryl methyl sites for hydroxylation is 2. The molecule has 1 fully saturated rings. The number of aromatic nitrogens is 1. The SMILES string of the molecule is Cc1ccc(C(=O)N2CCN(C(=O)c3csc(C)n3)CC2)cc1. The van der Waals surface area contributed by atoms with Crippen molar-refractivity contribution >= 4 is 23.2 Å². The van der Waals surface area contributed by atoms with E-state index >= 15 is 0 Å². The summed E-state index contributed by atoms with van der Waals surface area (Å²) >= 11 is 1.48. The first kappa shape index (κ1) is 15.7. The van der Waals surface area contributed by atoms with Crippen molar-refractivity contribution in [3.05, 3.63) is 51.5 Å². The molecular formula is C17H19N3O2S. The molecule has 0 atom stereocenters. The summed E-state index contributed by atoms with van der Waals surface area (Å²) in [7, 11) is 0. The number of hydrogen-bond acceptors (Lipinski definition) is 4. The lowest BCUT2D eigenvalue weighted by atomic mass is 10.1. The summed E-state index contributed by atoms with van der Waals surface area (Å²) in [5, 5.41) is 2.68. The average Bonchev–Trinajstić information content (AvgIpc) is 3.01. The minimum Gasteiger partial charge on any atom is -0.335 e. The Morgan fingerprint density at radius 3 is 2.04 bits per heavy atom. The van der Waals surface area contributed by atoms with E-state index in [0.29, 0.717) is 37.4 Å². The Hall–Kier alpha value is -2.21. The number of benzene rings is 1. The van der Waals surface area contributed by atoms with Crippen LogP contribution in [0.1, 0.15) is 31.4 Å². The van der Waals surface area contributed by atoms with Crippen molar-refractivity contribution in [1.29, 1.82) is 0 Å². The molecule has 0 aliphatic carbocycles. The molecule has 0 spiro atoms. The molecule has 3 rings (SSSR count). The predicted octanol–water partition coefficient (Wildman–Crippen LogP) is 2.36. The van der Waals surface area contributed by atoms with Gasteiger partial charge in [-0.1, -0.05) is 17.7 Å². The first-order chi connectivity index (χ1) is 11.0. The first-order valence-electron chi connectivity index (χ1n) is 7.62. The lowest BCUT2D eigenvalue weighted by Crippen LogP contribution is -2.50. The Balaban J connectivity index is 1.61. The second-order valence-corrected chi connectivity index (χ2v) is 6.76. The van der Waals surface area contributed by atoms with Gasteiger partial charge < -0.3 is 9.80 Å². The smallest absolute Gasteiger partial charge is 0.273 e. The van der Waals surface area contributed by atoms with E-state index in [9.17, 15) is 9.59 Å². The molecule has 1 saturated heterocycles. The van der Waals surface area contributed by atoms with Gasteiger partial charge in [0.25, 0.3) is 11.8 Å². The monoisotopic (exact) mass is 329 g/mol. The van der Waals surface area contributed by atoms with E-state index in [4.69, 9.17) is 0 Å². The quantitative estimate of drug-likeness (QED) is 0.850. The zero-order valence-corrected chi connectivity index (χ0v) is 14.1. The molecule has 1 aromatic carbocycles. The molecule has 120 valence electrons. The van der Waals surface area contributed by atoms with Crippen LogP contribution < -0.4 is 0 Å². The van der Waals surface area contributed by atoms with Crippen LogP contribution in [-0.4, -0.2) is 52.8 Å². The molecule has 5 nitrogen and oxygen atoms in total. The van der Waals surface area contributed by atoms with Crippen LogP contribution in [0.5, 0.6) is 0 Å². The summed E-state index contributed by atoms with van der Waals surface area (Å²) in [5.41, 5.74) is 2.34. The molecule has 6 heteroatoms. The molecular weight excluding hydrogens is 310 g/mol. The topological polar surface area (TPSA) is 53.5 Å². The van der Waals surface area contributed by atoms with Gasteiger partial charge in [0, 0.05) is 37.1 Å². The molecule has 1 aliphatic rings. The third-order valence-electron chi connectivity index (χ3n) is 3.99. The minimum absolute atomic E-state index is 0.0293.